The molecular formula is C17H18ClN3O2. The summed E-state index contributed by atoms with van der Waals surface area (Å²) < 4.78 is 0.989. The minimum absolute atomic E-state index is 0.235. The lowest BCUT2D eigenvalue weighted by Gasteiger charge is -2.25. The molecule has 1 aliphatic rings. The van der Waals surface area contributed by atoms with Crippen molar-refractivity contribution in [1.82, 2.24) is 15.1 Å². The third-order valence-corrected chi connectivity index (χ3v) is 4.55. The highest BCUT2D eigenvalue weighted by atomic mass is 35.5. The maximum absolute atomic E-state index is 12.3. The van der Waals surface area contributed by atoms with E-state index in [-0.39, 0.29) is 11.5 Å². The standard InChI is InChI=1S/C17H18ClN3O2/c1-10-4-3-5-11(2)14(10)9-19-17(23)21-16(22)13-7-6-12(18)8-15(13)20-21/h3-8,10,14,20H,9H2,1-2H3,(H,19,23). The number of carbonyl (C=O) groups excluding carboxylic acids is 1. The van der Waals surface area contributed by atoms with Crippen LogP contribution in [0.3, 0.4) is 0 Å². The van der Waals surface area contributed by atoms with Gasteiger partial charge >= 0.3 is 6.03 Å². The molecule has 6 heteroatoms. The van der Waals surface area contributed by atoms with Crippen LogP contribution in [0.5, 0.6) is 0 Å². The van der Waals surface area contributed by atoms with Gasteiger partial charge in [0.15, 0.2) is 0 Å². The van der Waals surface area contributed by atoms with E-state index in [1.54, 1.807) is 18.2 Å². The Bertz CT molecular complexity index is 876. The fourth-order valence-corrected chi connectivity index (χ4v) is 3.08. The zero-order chi connectivity index (χ0) is 16.6. The van der Waals surface area contributed by atoms with Crippen molar-refractivity contribution in [3.05, 3.63) is 57.4 Å². The summed E-state index contributed by atoms with van der Waals surface area (Å²) in [4.78, 5) is 24.6. The van der Waals surface area contributed by atoms with Crippen LogP contribution in [-0.4, -0.2) is 22.4 Å². The van der Waals surface area contributed by atoms with E-state index in [1.807, 2.05) is 19.1 Å². The molecule has 1 amide bonds. The molecule has 1 heterocycles. The third-order valence-electron chi connectivity index (χ3n) is 4.32. The molecular weight excluding hydrogens is 314 g/mol. The molecule has 1 aromatic carbocycles. The number of H-pyrrole nitrogens is 1. The highest BCUT2D eigenvalue weighted by Crippen LogP contribution is 2.24. The van der Waals surface area contributed by atoms with Gasteiger partial charge in [0.1, 0.15) is 0 Å². The zero-order valence-electron chi connectivity index (χ0n) is 13.0. The lowest BCUT2D eigenvalue weighted by atomic mass is 9.84. The zero-order valence-corrected chi connectivity index (χ0v) is 13.7. The Morgan fingerprint density at radius 1 is 1.43 bits per heavy atom. The van der Waals surface area contributed by atoms with Crippen molar-refractivity contribution in [2.75, 3.05) is 6.54 Å². The molecule has 0 fully saturated rings. The molecule has 120 valence electrons. The first-order chi connectivity index (χ1) is 11.0. The monoisotopic (exact) mass is 331 g/mol. The number of fused-ring (bicyclic) bond motifs is 1. The molecule has 2 aromatic rings. The van der Waals surface area contributed by atoms with Crippen LogP contribution in [-0.2, 0) is 0 Å². The van der Waals surface area contributed by atoms with Crippen LogP contribution < -0.4 is 10.9 Å². The van der Waals surface area contributed by atoms with Gasteiger partial charge in [0, 0.05) is 17.5 Å². The summed E-state index contributed by atoms with van der Waals surface area (Å²) in [6.45, 7) is 4.64. The van der Waals surface area contributed by atoms with Crippen LogP contribution in [0.2, 0.25) is 5.02 Å². The van der Waals surface area contributed by atoms with E-state index in [4.69, 9.17) is 11.6 Å². The van der Waals surface area contributed by atoms with E-state index in [0.717, 1.165) is 4.68 Å². The number of hydrogen-bond donors (Lipinski definition) is 2. The van der Waals surface area contributed by atoms with E-state index in [2.05, 4.69) is 23.4 Å². The lowest BCUT2D eigenvalue weighted by molar-refractivity contribution is 0.236. The molecule has 0 bridgehead atoms. The first-order valence-electron chi connectivity index (χ1n) is 7.51. The Morgan fingerprint density at radius 2 is 2.22 bits per heavy atom. The summed E-state index contributed by atoms with van der Waals surface area (Å²) in [6, 6.07) is 4.41. The fourth-order valence-electron chi connectivity index (χ4n) is 2.91. The molecule has 0 saturated heterocycles. The smallest absolute Gasteiger partial charge is 0.336 e. The number of allylic oxidation sites excluding steroid dienone is 3. The first-order valence-corrected chi connectivity index (χ1v) is 7.88. The van der Waals surface area contributed by atoms with E-state index in [0.29, 0.717) is 28.4 Å². The van der Waals surface area contributed by atoms with E-state index in [9.17, 15) is 9.59 Å². The molecule has 0 spiro atoms. The van der Waals surface area contributed by atoms with Gasteiger partial charge in [-0.3, -0.25) is 9.89 Å². The summed E-state index contributed by atoms with van der Waals surface area (Å²) in [5.41, 5.74) is 1.39. The Labute approximate surface area is 138 Å². The van der Waals surface area contributed by atoms with Gasteiger partial charge in [-0.25, -0.2) is 4.79 Å². The SMILES string of the molecule is CC1=CC=CC(C)C1CNC(=O)n1[nH]c2cc(Cl)ccc2c1=O. The number of amides is 1. The molecule has 2 unspecified atom stereocenters. The second-order valence-corrected chi connectivity index (χ2v) is 6.33. The summed E-state index contributed by atoms with van der Waals surface area (Å²) in [5.74, 6) is 0.581. The predicted octanol–water partition coefficient (Wildman–Crippen LogP) is 3.31. The summed E-state index contributed by atoms with van der Waals surface area (Å²) in [7, 11) is 0. The molecule has 23 heavy (non-hydrogen) atoms. The normalized spacial score (nSPS) is 20.6. The third kappa shape index (κ3) is 2.97. The minimum Gasteiger partial charge on any atom is -0.336 e. The highest BCUT2D eigenvalue weighted by molar-refractivity contribution is 6.31. The van der Waals surface area contributed by atoms with Gasteiger partial charge in [0.05, 0.1) is 10.9 Å². The van der Waals surface area contributed by atoms with E-state index < -0.39 is 6.03 Å². The van der Waals surface area contributed by atoms with Gasteiger partial charge in [0.25, 0.3) is 5.56 Å². The Kier molecular flexibility index (Phi) is 4.13. The first kappa shape index (κ1) is 15.6. The van der Waals surface area contributed by atoms with Gasteiger partial charge in [0.2, 0.25) is 0 Å². The van der Waals surface area contributed by atoms with Crippen LogP contribution >= 0.6 is 11.6 Å². The number of carbonyl (C=O) groups is 1. The summed E-state index contributed by atoms with van der Waals surface area (Å²) >= 11 is 5.91. The highest BCUT2D eigenvalue weighted by Gasteiger charge is 2.21. The number of hydrogen-bond acceptors (Lipinski definition) is 2. The van der Waals surface area contributed by atoms with Crippen molar-refractivity contribution in [1.29, 1.82) is 0 Å². The van der Waals surface area contributed by atoms with E-state index in [1.165, 1.54) is 5.57 Å². The Hall–Kier alpha value is -2.27. The molecule has 0 saturated carbocycles. The Balaban J connectivity index is 1.79. The van der Waals surface area contributed by atoms with E-state index >= 15 is 0 Å². The molecule has 2 atom stereocenters. The maximum Gasteiger partial charge on any atom is 0.343 e. The average molecular weight is 332 g/mol. The van der Waals surface area contributed by atoms with Crippen molar-refractivity contribution < 1.29 is 4.79 Å². The largest absolute Gasteiger partial charge is 0.343 e. The van der Waals surface area contributed by atoms with Crippen molar-refractivity contribution in [3.63, 3.8) is 0 Å². The van der Waals surface area contributed by atoms with Crippen LogP contribution in [0.15, 0.2) is 46.8 Å². The minimum atomic E-state index is -0.461. The Morgan fingerprint density at radius 3 is 2.96 bits per heavy atom. The summed E-state index contributed by atoms with van der Waals surface area (Å²) in [5, 5.41) is 6.57. The molecule has 0 radical (unpaired) electrons. The fraction of sp³-hybridized carbons (Fsp3) is 0.294. The van der Waals surface area contributed by atoms with Crippen molar-refractivity contribution >= 4 is 28.5 Å². The second-order valence-electron chi connectivity index (χ2n) is 5.89. The maximum atomic E-state index is 12.3. The number of rotatable bonds is 2. The number of benzene rings is 1. The lowest BCUT2D eigenvalue weighted by Crippen LogP contribution is -2.39. The number of halogens is 1. The van der Waals surface area contributed by atoms with Crippen molar-refractivity contribution in [3.8, 4) is 0 Å². The van der Waals surface area contributed by atoms with Crippen LogP contribution in [0, 0.1) is 11.8 Å². The average Bonchev–Trinajstić information content (AvgIpc) is 2.83. The molecule has 1 aliphatic carbocycles. The quantitative estimate of drug-likeness (QED) is 0.886. The van der Waals surface area contributed by atoms with Crippen LogP contribution in [0.25, 0.3) is 10.9 Å². The van der Waals surface area contributed by atoms with Crippen molar-refractivity contribution in [2.24, 2.45) is 11.8 Å². The molecule has 0 aliphatic heterocycles. The number of aromatic amines is 1. The number of aromatic nitrogens is 2. The van der Waals surface area contributed by atoms with Gasteiger partial charge < -0.3 is 5.32 Å². The van der Waals surface area contributed by atoms with Crippen LogP contribution in [0.4, 0.5) is 4.79 Å². The molecule has 3 rings (SSSR count). The van der Waals surface area contributed by atoms with Crippen LogP contribution in [0.1, 0.15) is 13.8 Å². The van der Waals surface area contributed by atoms with Crippen molar-refractivity contribution in [2.45, 2.75) is 13.8 Å². The van der Waals surface area contributed by atoms with Gasteiger partial charge in [-0.2, -0.15) is 4.68 Å². The predicted molar refractivity (Wildman–Crippen MR) is 91.9 cm³/mol. The summed E-state index contributed by atoms with van der Waals surface area (Å²) in [6.07, 6.45) is 6.19. The molecule has 5 nitrogen and oxygen atoms in total. The topological polar surface area (TPSA) is 66.9 Å². The number of nitrogens with one attached hydrogen (secondary N) is 2. The van der Waals surface area contributed by atoms with Gasteiger partial charge in [-0.1, -0.05) is 42.3 Å². The van der Waals surface area contributed by atoms with Gasteiger partial charge in [-0.15, -0.1) is 0 Å². The number of nitrogens with zero attached hydrogens (tertiary/aromatic N) is 1. The molecule has 1 aromatic heterocycles. The molecule has 2 N–H and O–H groups in total. The van der Waals surface area contributed by atoms with Gasteiger partial charge in [-0.05, 0) is 31.0 Å². The second kappa shape index (κ2) is 6.08.